The SMILES string of the molecule is COC(=O)c1ccc(Nc2ncnc3scc(-c4ccc(-c5ccccc5)cc4)c23)cc1. The molecule has 0 aliphatic carbocycles. The van der Waals surface area contributed by atoms with Gasteiger partial charge in [0.1, 0.15) is 17.0 Å². The summed E-state index contributed by atoms with van der Waals surface area (Å²) >= 11 is 1.59. The minimum atomic E-state index is -0.361. The first-order valence-electron chi connectivity index (χ1n) is 10.1. The van der Waals surface area contributed by atoms with Crippen molar-refractivity contribution in [2.24, 2.45) is 0 Å². The van der Waals surface area contributed by atoms with Gasteiger partial charge in [-0.05, 0) is 41.0 Å². The predicted molar refractivity (Wildman–Crippen MR) is 129 cm³/mol. The van der Waals surface area contributed by atoms with Crippen LogP contribution in [-0.2, 0) is 4.74 Å². The summed E-state index contributed by atoms with van der Waals surface area (Å²) in [5, 5.41) is 6.46. The highest BCUT2D eigenvalue weighted by Gasteiger charge is 2.14. The molecule has 0 aliphatic heterocycles. The van der Waals surface area contributed by atoms with Gasteiger partial charge in [0.15, 0.2) is 0 Å². The van der Waals surface area contributed by atoms with Gasteiger partial charge in [-0.1, -0.05) is 54.6 Å². The molecule has 0 aliphatic rings. The summed E-state index contributed by atoms with van der Waals surface area (Å²) < 4.78 is 4.76. The minimum absolute atomic E-state index is 0.361. The van der Waals surface area contributed by atoms with E-state index in [4.69, 9.17) is 4.74 Å². The standard InChI is InChI=1S/C26H19N3O2S/c1-31-26(30)20-11-13-21(14-12-20)29-24-23-22(15-32-25(23)28-16-27-24)19-9-7-18(8-10-19)17-5-3-2-4-6-17/h2-16H,1H3,(H,27,28,29). The molecule has 0 amide bonds. The fraction of sp³-hybridized carbons (Fsp3) is 0.0385. The first-order valence-corrected chi connectivity index (χ1v) is 10.9. The van der Waals surface area contributed by atoms with Crippen molar-refractivity contribution in [1.29, 1.82) is 0 Å². The van der Waals surface area contributed by atoms with Crippen molar-refractivity contribution in [3.63, 3.8) is 0 Å². The lowest BCUT2D eigenvalue weighted by molar-refractivity contribution is 0.0601. The fourth-order valence-electron chi connectivity index (χ4n) is 3.60. The van der Waals surface area contributed by atoms with E-state index >= 15 is 0 Å². The molecule has 0 radical (unpaired) electrons. The van der Waals surface area contributed by atoms with Gasteiger partial charge in [0.2, 0.25) is 0 Å². The third-order valence-corrected chi connectivity index (χ3v) is 6.13. The summed E-state index contributed by atoms with van der Waals surface area (Å²) in [6, 6.07) is 26.0. The summed E-state index contributed by atoms with van der Waals surface area (Å²) in [5.41, 5.74) is 5.88. The number of carbonyl (C=O) groups excluding carboxylic acids is 1. The van der Waals surface area contributed by atoms with Crippen molar-refractivity contribution in [1.82, 2.24) is 9.97 Å². The number of nitrogens with zero attached hydrogens (tertiary/aromatic N) is 2. The van der Waals surface area contributed by atoms with E-state index in [-0.39, 0.29) is 5.97 Å². The fourth-order valence-corrected chi connectivity index (χ4v) is 4.52. The third-order valence-electron chi connectivity index (χ3n) is 5.24. The monoisotopic (exact) mass is 437 g/mol. The maximum Gasteiger partial charge on any atom is 0.337 e. The Labute approximate surface area is 189 Å². The Morgan fingerprint density at radius 1 is 0.844 bits per heavy atom. The molecule has 5 aromatic rings. The Kier molecular flexibility index (Phi) is 5.35. The highest BCUT2D eigenvalue weighted by atomic mass is 32.1. The van der Waals surface area contributed by atoms with Crippen molar-refractivity contribution in [3.05, 3.63) is 96.1 Å². The highest BCUT2D eigenvalue weighted by molar-refractivity contribution is 7.17. The second-order valence-electron chi connectivity index (χ2n) is 7.19. The normalized spacial score (nSPS) is 10.8. The van der Waals surface area contributed by atoms with Crippen LogP contribution in [0.25, 0.3) is 32.5 Å². The summed E-state index contributed by atoms with van der Waals surface area (Å²) in [7, 11) is 1.37. The van der Waals surface area contributed by atoms with E-state index in [0.29, 0.717) is 5.56 Å². The topological polar surface area (TPSA) is 64.1 Å². The lowest BCUT2D eigenvalue weighted by atomic mass is 10.0. The van der Waals surface area contributed by atoms with E-state index in [1.807, 2.05) is 30.3 Å². The van der Waals surface area contributed by atoms with Gasteiger partial charge < -0.3 is 10.1 Å². The molecule has 5 rings (SSSR count). The van der Waals surface area contributed by atoms with Gasteiger partial charge in [-0.2, -0.15) is 0 Å². The quantitative estimate of drug-likeness (QED) is 0.316. The molecule has 3 aromatic carbocycles. The highest BCUT2D eigenvalue weighted by Crippen LogP contribution is 2.38. The van der Waals surface area contributed by atoms with Crippen LogP contribution in [0.4, 0.5) is 11.5 Å². The van der Waals surface area contributed by atoms with Crippen molar-refractivity contribution < 1.29 is 9.53 Å². The maximum absolute atomic E-state index is 11.7. The number of hydrogen-bond donors (Lipinski definition) is 1. The predicted octanol–water partition coefficient (Wildman–Crippen LogP) is 6.56. The maximum atomic E-state index is 11.7. The number of thiophene rings is 1. The van der Waals surface area contributed by atoms with Crippen LogP contribution in [0.1, 0.15) is 10.4 Å². The molecule has 0 saturated carbocycles. The van der Waals surface area contributed by atoms with Gasteiger partial charge in [0.25, 0.3) is 0 Å². The molecular formula is C26H19N3O2S. The molecule has 0 spiro atoms. The zero-order valence-electron chi connectivity index (χ0n) is 17.3. The molecule has 0 fully saturated rings. The minimum Gasteiger partial charge on any atom is -0.465 e. The molecule has 6 heteroatoms. The molecule has 0 unspecified atom stereocenters. The van der Waals surface area contributed by atoms with Crippen LogP contribution in [0.3, 0.4) is 0 Å². The average molecular weight is 438 g/mol. The molecule has 0 bridgehead atoms. The Morgan fingerprint density at radius 2 is 1.53 bits per heavy atom. The van der Waals surface area contributed by atoms with Crippen molar-refractivity contribution in [2.75, 3.05) is 12.4 Å². The van der Waals surface area contributed by atoms with Crippen LogP contribution in [0.5, 0.6) is 0 Å². The summed E-state index contributed by atoms with van der Waals surface area (Å²) in [5.74, 6) is 0.365. The second kappa shape index (κ2) is 8.61. The first kappa shape index (κ1) is 19.9. The lowest BCUT2D eigenvalue weighted by Crippen LogP contribution is -2.01. The Balaban J connectivity index is 1.49. The Hall–Kier alpha value is -4.03. The van der Waals surface area contributed by atoms with E-state index in [1.165, 1.54) is 18.2 Å². The number of hydrogen-bond acceptors (Lipinski definition) is 6. The van der Waals surface area contributed by atoms with Crippen molar-refractivity contribution in [2.45, 2.75) is 0 Å². The molecule has 5 nitrogen and oxygen atoms in total. The van der Waals surface area contributed by atoms with Gasteiger partial charge >= 0.3 is 5.97 Å². The van der Waals surface area contributed by atoms with Gasteiger partial charge in [-0.3, -0.25) is 0 Å². The van der Waals surface area contributed by atoms with Crippen molar-refractivity contribution >= 4 is 39.0 Å². The van der Waals surface area contributed by atoms with E-state index in [1.54, 1.807) is 29.8 Å². The Morgan fingerprint density at radius 3 is 2.25 bits per heavy atom. The van der Waals surface area contributed by atoms with Crippen LogP contribution >= 0.6 is 11.3 Å². The van der Waals surface area contributed by atoms with Crippen LogP contribution < -0.4 is 5.32 Å². The number of esters is 1. The molecule has 0 saturated heterocycles. The van der Waals surface area contributed by atoms with E-state index < -0.39 is 0 Å². The zero-order valence-corrected chi connectivity index (χ0v) is 18.1. The number of methoxy groups -OCH3 is 1. The molecule has 1 N–H and O–H groups in total. The molecule has 32 heavy (non-hydrogen) atoms. The van der Waals surface area contributed by atoms with Crippen LogP contribution in [-0.4, -0.2) is 23.0 Å². The summed E-state index contributed by atoms with van der Waals surface area (Å²) in [4.78, 5) is 21.5. The smallest absolute Gasteiger partial charge is 0.337 e. The lowest BCUT2D eigenvalue weighted by Gasteiger charge is -2.09. The number of anilines is 2. The third kappa shape index (κ3) is 3.84. The molecule has 0 atom stereocenters. The summed E-state index contributed by atoms with van der Waals surface area (Å²) in [6.07, 6.45) is 1.56. The second-order valence-corrected chi connectivity index (χ2v) is 8.05. The van der Waals surface area contributed by atoms with Gasteiger partial charge in [0.05, 0.1) is 18.1 Å². The van der Waals surface area contributed by atoms with E-state index in [2.05, 4.69) is 57.1 Å². The summed E-state index contributed by atoms with van der Waals surface area (Å²) in [6.45, 7) is 0. The average Bonchev–Trinajstić information content (AvgIpc) is 3.30. The molecule has 2 aromatic heterocycles. The Bertz CT molecular complexity index is 1380. The number of fused-ring (bicyclic) bond motifs is 1. The largest absolute Gasteiger partial charge is 0.465 e. The number of benzene rings is 3. The number of rotatable bonds is 5. The number of ether oxygens (including phenoxy) is 1. The number of aromatic nitrogens is 2. The first-order chi connectivity index (χ1) is 15.7. The zero-order chi connectivity index (χ0) is 21.9. The van der Waals surface area contributed by atoms with Gasteiger partial charge in [0, 0.05) is 16.6 Å². The van der Waals surface area contributed by atoms with Crippen LogP contribution in [0, 0.1) is 0 Å². The van der Waals surface area contributed by atoms with Gasteiger partial charge in [-0.15, -0.1) is 11.3 Å². The number of nitrogens with one attached hydrogen (secondary N) is 1. The van der Waals surface area contributed by atoms with Gasteiger partial charge in [-0.25, -0.2) is 14.8 Å². The molecular weight excluding hydrogens is 418 g/mol. The van der Waals surface area contributed by atoms with Crippen LogP contribution in [0.2, 0.25) is 0 Å². The van der Waals surface area contributed by atoms with E-state index in [9.17, 15) is 4.79 Å². The van der Waals surface area contributed by atoms with Crippen LogP contribution in [0.15, 0.2) is 90.6 Å². The molecule has 156 valence electrons. The molecule has 2 heterocycles. The van der Waals surface area contributed by atoms with E-state index in [0.717, 1.165) is 32.8 Å². The van der Waals surface area contributed by atoms with Crippen molar-refractivity contribution in [3.8, 4) is 22.3 Å². The number of carbonyl (C=O) groups is 1.